The molecule has 6 heteroatoms. The topological polar surface area (TPSA) is 74.7 Å². The number of unbranched alkanes of at least 4 members (excludes halogenated alkanes) is 10. The second-order valence-electron chi connectivity index (χ2n) is 6.42. The van der Waals surface area contributed by atoms with Crippen LogP contribution >= 0.6 is 0 Å². The van der Waals surface area contributed by atoms with Gasteiger partial charge in [0.2, 0.25) is 5.91 Å². The van der Waals surface area contributed by atoms with Crippen molar-refractivity contribution < 1.29 is 17.8 Å². The van der Waals surface area contributed by atoms with Crippen LogP contribution in [0.3, 0.4) is 0 Å². The lowest BCUT2D eigenvalue weighted by Gasteiger charge is -2.13. The third-order valence-corrected chi connectivity index (χ3v) is 4.74. The molecule has 0 heterocycles. The van der Waals surface area contributed by atoms with Gasteiger partial charge in [-0.2, -0.15) is 8.42 Å². The van der Waals surface area contributed by atoms with E-state index in [2.05, 4.69) is 6.92 Å². The van der Waals surface area contributed by atoms with Crippen molar-refractivity contribution in [3.05, 3.63) is 12.2 Å². The monoisotopic (exact) mass is 361 g/mol. The Balaban J connectivity index is 3.52. The van der Waals surface area contributed by atoms with Gasteiger partial charge in [0.05, 0.1) is 5.75 Å². The number of rotatable bonds is 15. The first-order valence-corrected chi connectivity index (χ1v) is 10.8. The van der Waals surface area contributed by atoms with E-state index in [0.717, 1.165) is 12.8 Å². The highest BCUT2D eigenvalue weighted by Gasteiger charge is 2.09. The van der Waals surface area contributed by atoms with Crippen LogP contribution in [0, 0.1) is 0 Å². The van der Waals surface area contributed by atoms with Gasteiger partial charge >= 0.3 is 0 Å². The summed E-state index contributed by atoms with van der Waals surface area (Å²) in [6.07, 6.45) is 17.1. The number of hydrogen-bond donors (Lipinski definition) is 1. The molecule has 0 radical (unpaired) electrons. The number of carbonyl (C=O) groups is 1. The lowest BCUT2D eigenvalue weighted by molar-refractivity contribution is -0.124. The molecular formula is C18H35NO4S. The van der Waals surface area contributed by atoms with Crippen LogP contribution in [0.4, 0.5) is 0 Å². The van der Waals surface area contributed by atoms with Crippen LogP contribution in [0.25, 0.3) is 0 Å². The largest absolute Gasteiger partial charge is 0.341 e. The lowest BCUT2D eigenvalue weighted by atomic mass is 10.1. The Morgan fingerprint density at radius 2 is 1.46 bits per heavy atom. The molecule has 0 aliphatic rings. The van der Waals surface area contributed by atoms with Crippen molar-refractivity contribution in [2.24, 2.45) is 0 Å². The summed E-state index contributed by atoms with van der Waals surface area (Å²) in [6, 6.07) is 0. The molecule has 0 saturated carbocycles. The van der Waals surface area contributed by atoms with E-state index in [1.807, 2.05) is 6.08 Å². The lowest BCUT2D eigenvalue weighted by Crippen LogP contribution is -2.30. The zero-order valence-electron chi connectivity index (χ0n) is 15.4. The van der Waals surface area contributed by atoms with E-state index in [1.165, 1.54) is 75.8 Å². The minimum atomic E-state index is -4.02. The van der Waals surface area contributed by atoms with Crippen LogP contribution in [0.5, 0.6) is 0 Å². The summed E-state index contributed by atoms with van der Waals surface area (Å²) < 4.78 is 29.9. The molecule has 142 valence electrons. The molecule has 0 saturated heterocycles. The third kappa shape index (κ3) is 16.0. The van der Waals surface area contributed by atoms with Gasteiger partial charge in [0.25, 0.3) is 10.1 Å². The average molecular weight is 362 g/mol. The molecule has 0 unspecified atom stereocenters. The zero-order valence-corrected chi connectivity index (χ0v) is 16.2. The van der Waals surface area contributed by atoms with E-state index < -0.39 is 15.9 Å². The Morgan fingerprint density at radius 3 is 1.96 bits per heavy atom. The maximum Gasteiger partial charge on any atom is 0.266 e. The fourth-order valence-corrected chi connectivity index (χ4v) is 2.93. The summed E-state index contributed by atoms with van der Waals surface area (Å²) >= 11 is 0. The van der Waals surface area contributed by atoms with Crippen molar-refractivity contribution in [1.82, 2.24) is 4.90 Å². The van der Waals surface area contributed by atoms with Crippen molar-refractivity contribution in [3.8, 4) is 0 Å². The minimum Gasteiger partial charge on any atom is -0.341 e. The molecule has 1 amide bonds. The quantitative estimate of drug-likeness (QED) is 0.269. The molecule has 1 N–H and O–H groups in total. The summed E-state index contributed by atoms with van der Waals surface area (Å²) in [5, 5.41) is 0. The molecule has 0 aromatic carbocycles. The maximum atomic E-state index is 11.7. The van der Waals surface area contributed by atoms with Crippen LogP contribution in [0.2, 0.25) is 0 Å². The van der Waals surface area contributed by atoms with Crippen LogP contribution < -0.4 is 0 Å². The molecule has 0 aliphatic heterocycles. The summed E-state index contributed by atoms with van der Waals surface area (Å²) in [6.45, 7) is 2.24. The maximum absolute atomic E-state index is 11.7. The van der Waals surface area contributed by atoms with Crippen LogP contribution in [-0.4, -0.2) is 43.1 Å². The molecular weight excluding hydrogens is 326 g/mol. The van der Waals surface area contributed by atoms with Crippen molar-refractivity contribution in [2.45, 2.75) is 77.6 Å². The van der Waals surface area contributed by atoms with Gasteiger partial charge in [-0.3, -0.25) is 9.35 Å². The zero-order chi connectivity index (χ0) is 18.3. The number of likely N-dealkylation sites (N-methyl/N-ethyl adjacent to an activating group) is 1. The number of amides is 1. The Morgan fingerprint density at radius 1 is 0.958 bits per heavy atom. The molecule has 0 aromatic heterocycles. The fourth-order valence-electron chi connectivity index (χ4n) is 2.42. The number of allylic oxidation sites excluding steroid dienone is 1. The van der Waals surface area contributed by atoms with Gasteiger partial charge in [0.1, 0.15) is 0 Å². The second-order valence-corrected chi connectivity index (χ2v) is 7.99. The van der Waals surface area contributed by atoms with Gasteiger partial charge in [-0.1, -0.05) is 70.8 Å². The smallest absolute Gasteiger partial charge is 0.266 e. The van der Waals surface area contributed by atoms with E-state index in [-0.39, 0.29) is 12.5 Å². The number of carbonyl (C=O) groups excluding carboxylic acids is 1. The molecule has 24 heavy (non-hydrogen) atoms. The highest BCUT2D eigenvalue weighted by Crippen LogP contribution is 2.11. The van der Waals surface area contributed by atoms with Crippen molar-refractivity contribution in [1.29, 1.82) is 0 Å². The van der Waals surface area contributed by atoms with E-state index >= 15 is 0 Å². The second kappa shape index (κ2) is 14.5. The summed E-state index contributed by atoms with van der Waals surface area (Å²) in [5.74, 6) is -0.660. The third-order valence-electron chi connectivity index (χ3n) is 4.05. The minimum absolute atomic E-state index is 0.000261. The van der Waals surface area contributed by atoms with E-state index in [1.54, 1.807) is 0 Å². The van der Waals surface area contributed by atoms with Gasteiger partial charge in [-0.25, -0.2) is 0 Å². The molecule has 0 fully saturated rings. The first-order valence-electron chi connectivity index (χ1n) is 9.23. The van der Waals surface area contributed by atoms with Gasteiger partial charge in [0.15, 0.2) is 0 Å². The van der Waals surface area contributed by atoms with Gasteiger partial charge in [-0.15, -0.1) is 0 Å². The molecule has 0 spiro atoms. The molecule has 0 aliphatic carbocycles. The van der Waals surface area contributed by atoms with Crippen LogP contribution in [0.1, 0.15) is 77.6 Å². The van der Waals surface area contributed by atoms with Crippen LogP contribution in [0.15, 0.2) is 12.2 Å². The molecule has 0 bridgehead atoms. The first kappa shape index (κ1) is 23.1. The van der Waals surface area contributed by atoms with E-state index in [4.69, 9.17) is 4.55 Å². The number of hydrogen-bond acceptors (Lipinski definition) is 3. The standard InChI is InChI=1S/C18H35NO4S/c1-3-4-5-6-7-8-9-10-11-12-13-14-15-18(20)19(2)16-17-24(21,22)23/h14-15H,3-13,16-17H2,1-2H3,(H,21,22,23)/b15-14+. The molecule has 5 nitrogen and oxygen atoms in total. The summed E-state index contributed by atoms with van der Waals surface area (Å²) in [4.78, 5) is 13.0. The first-order chi connectivity index (χ1) is 11.4. The van der Waals surface area contributed by atoms with Crippen molar-refractivity contribution in [3.63, 3.8) is 0 Å². The van der Waals surface area contributed by atoms with Crippen LogP contribution in [-0.2, 0) is 14.9 Å². The Bertz CT molecular complexity index is 446. The Hall–Kier alpha value is -0.880. The Kier molecular flexibility index (Phi) is 13.9. The van der Waals surface area contributed by atoms with E-state index in [0.29, 0.717) is 0 Å². The SMILES string of the molecule is CCCCCCCCCCCC/C=C/C(=O)N(C)CCS(=O)(=O)O. The summed E-state index contributed by atoms with van der Waals surface area (Å²) in [5.41, 5.74) is 0. The number of nitrogens with zero attached hydrogens (tertiary/aromatic N) is 1. The summed E-state index contributed by atoms with van der Waals surface area (Å²) in [7, 11) is -2.49. The van der Waals surface area contributed by atoms with Gasteiger partial charge in [-0.05, 0) is 18.9 Å². The van der Waals surface area contributed by atoms with Gasteiger partial charge in [0, 0.05) is 13.6 Å². The average Bonchev–Trinajstić information content (AvgIpc) is 2.52. The van der Waals surface area contributed by atoms with E-state index in [9.17, 15) is 13.2 Å². The fraction of sp³-hybridized carbons (Fsp3) is 0.833. The van der Waals surface area contributed by atoms with Gasteiger partial charge < -0.3 is 4.90 Å². The van der Waals surface area contributed by atoms with Crippen molar-refractivity contribution in [2.75, 3.05) is 19.3 Å². The van der Waals surface area contributed by atoms with Crippen molar-refractivity contribution >= 4 is 16.0 Å². The predicted octanol–water partition coefficient (Wildman–Crippen LogP) is 4.20. The molecule has 0 rings (SSSR count). The highest BCUT2D eigenvalue weighted by molar-refractivity contribution is 7.85. The molecule has 0 aromatic rings. The predicted molar refractivity (Wildman–Crippen MR) is 99.7 cm³/mol. The normalized spacial score (nSPS) is 12.0. The Labute approximate surface area is 148 Å². The highest BCUT2D eigenvalue weighted by atomic mass is 32.2. The molecule has 0 atom stereocenters.